The summed E-state index contributed by atoms with van der Waals surface area (Å²) in [5.74, 6) is 6.77. The van der Waals surface area contributed by atoms with E-state index in [-0.39, 0.29) is 0 Å². The number of methoxy groups -OCH3 is 1. The normalized spacial score (nSPS) is 10.4. The van der Waals surface area contributed by atoms with Gasteiger partial charge in [-0.2, -0.15) is 5.10 Å². The van der Waals surface area contributed by atoms with Crippen LogP contribution in [0.15, 0.2) is 49.1 Å². The van der Waals surface area contributed by atoms with Crippen LogP contribution >= 0.6 is 0 Å². The van der Waals surface area contributed by atoms with Crippen molar-refractivity contribution >= 4 is 5.82 Å². The minimum atomic E-state index is 0.402. The van der Waals surface area contributed by atoms with Crippen LogP contribution in [0.25, 0.3) is 16.9 Å². The molecular formula is C14H14N6O. The molecule has 0 fully saturated rings. The van der Waals surface area contributed by atoms with Crippen LogP contribution in [0.4, 0.5) is 5.82 Å². The van der Waals surface area contributed by atoms with Crippen LogP contribution in [0.1, 0.15) is 0 Å². The molecule has 0 saturated heterocycles. The van der Waals surface area contributed by atoms with Gasteiger partial charge in [0.2, 0.25) is 11.6 Å². The van der Waals surface area contributed by atoms with E-state index in [0.717, 1.165) is 11.1 Å². The Morgan fingerprint density at radius 1 is 1.14 bits per heavy atom. The predicted molar refractivity (Wildman–Crippen MR) is 79.0 cm³/mol. The molecule has 0 atom stereocenters. The standard InChI is InChI=1S/C14H14N6O/c1-21-12-13(19-15)16-9-17-14(12)20-8-11(7-18-20)10-5-3-2-4-6-10/h2-9H,15H2,1H3,(H,16,17,19). The first kappa shape index (κ1) is 13.1. The number of rotatable bonds is 4. The highest BCUT2D eigenvalue weighted by Gasteiger charge is 2.14. The highest BCUT2D eigenvalue weighted by Crippen LogP contribution is 2.28. The van der Waals surface area contributed by atoms with Crippen molar-refractivity contribution in [2.45, 2.75) is 0 Å². The molecule has 3 aromatic rings. The summed E-state index contributed by atoms with van der Waals surface area (Å²) in [7, 11) is 1.53. The van der Waals surface area contributed by atoms with E-state index in [1.165, 1.54) is 13.4 Å². The molecule has 2 aromatic heterocycles. The van der Waals surface area contributed by atoms with Crippen molar-refractivity contribution in [1.29, 1.82) is 0 Å². The van der Waals surface area contributed by atoms with E-state index in [9.17, 15) is 0 Å². The monoisotopic (exact) mass is 282 g/mol. The minimum absolute atomic E-state index is 0.402. The van der Waals surface area contributed by atoms with Gasteiger partial charge in [0.15, 0.2) is 5.82 Å². The Bertz CT molecular complexity index is 740. The van der Waals surface area contributed by atoms with Crippen LogP contribution in [0, 0.1) is 0 Å². The van der Waals surface area contributed by atoms with Crippen LogP contribution in [0.3, 0.4) is 0 Å². The molecule has 3 rings (SSSR count). The van der Waals surface area contributed by atoms with Gasteiger partial charge in [0.25, 0.3) is 0 Å². The molecule has 106 valence electrons. The van der Waals surface area contributed by atoms with Gasteiger partial charge >= 0.3 is 0 Å². The second-order valence-electron chi connectivity index (χ2n) is 4.26. The van der Waals surface area contributed by atoms with Crippen molar-refractivity contribution in [3.05, 3.63) is 49.1 Å². The van der Waals surface area contributed by atoms with Crippen LogP contribution < -0.4 is 16.0 Å². The quantitative estimate of drug-likeness (QED) is 0.558. The summed E-state index contributed by atoms with van der Waals surface area (Å²) in [6.07, 6.45) is 5.05. The van der Waals surface area contributed by atoms with Crippen LogP contribution in [0.5, 0.6) is 5.75 Å². The molecule has 0 bridgehead atoms. The number of anilines is 1. The number of aromatic nitrogens is 4. The summed E-state index contributed by atoms with van der Waals surface area (Å²) < 4.78 is 6.94. The highest BCUT2D eigenvalue weighted by molar-refractivity contribution is 5.63. The van der Waals surface area contributed by atoms with Crippen molar-refractivity contribution in [1.82, 2.24) is 19.7 Å². The van der Waals surface area contributed by atoms with Crippen LogP contribution in [-0.4, -0.2) is 26.9 Å². The third-order valence-electron chi connectivity index (χ3n) is 3.03. The Labute approximate surface area is 121 Å². The number of ether oxygens (including phenoxy) is 1. The van der Waals surface area contributed by atoms with Gasteiger partial charge in [0, 0.05) is 11.8 Å². The zero-order valence-corrected chi connectivity index (χ0v) is 11.4. The molecule has 0 spiro atoms. The third kappa shape index (κ3) is 2.41. The van der Waals surface area contributed by atoms with Crippen LogP contribution in [0.2, 0.25) is 0 Å². The number of nitrogens with one attached hydrogen (secondary N) is 1. The van der Waals surface area contributed by atoms with E-state index in [2.05, 4.69) is 20.5 Å². The molecule has 0 saturated carbocycles. The lowest BCUT2D eigenvalue weighted by molar-refractivity contribution is 0.409. The van der Waals surface area contributed by atoms with Gasteiger partial charge in [-0.05, 0) is 5.56 Å². The number of hydrazine groups is 1. The van der Waals surface area contributed by atoms with Crippen molar-refractivity contribution < 1.29 is 4.74 Å². The summed E-state index contributed by atoms with van der Waals surface area (Å²) in [6, 6.07) is 9.97. The molecule has 1 aromatic carbocycles. The maximum Gasteiger partial charge on any atom is 0.207 e. The smallest absolute Gasteiger partial charge is 0.207 e. The zero-order valence-electron chi connectivity index (χ0n) is 11.4. The number of nitrogen functional groups attached to an aromatic ring is 1. The second-order valence-corrected chi connectivity index (χ2v) is 4.26. The van der Waals surface area contributed by atoms with E-state index in [4.69, 9.17) is 10.6 Å². The maximum atomic E-state index is 5.42. The minimum Gasteiger partial charge on any atom is -0.490 e. The van der Waals surface area contributed by atoms with Gasteiger partial charge < -0.3 is 10.2 Å². The molecule has 7 nitrogen and oxygen atoms in total. The summed E-state index contributed by atoms with van der Waals surface area (Å²) >= 11 is 0. The first-order valence-corrected chi connectivity index (χ1v) is 6.29. The van der Waals surface area contributed by atoms with Crippen molar-refractivity contribution in [2.24, 2.45) is 5.84 Å². The zero-order chi connectivity index (χ0) is 14.7. The number of hydrogen-bond acceptors (Lipinski definition) is 6. The Kier molecular flexibility index (Phi) is 3.48. The van der Waals surface area contributed by atoms with E-state index < -0.39 is 0 Å². The fraction of sp³-hybridized carbons (Fsp3) is 0.0714. The lowest BCUT2D eigenvalue weighted by atomic mass is 10.1. The Balaban J connectivity index is 2.05. The molecule has 2 heterocycles. The second kappa shape index (κ2) is 5.59. The lowest BCUT2D eigenvalue weighted by Gasteiger charge is -2.10. The van der Waals surface area contributed by atoms with E-state index >= 15 is 0 Å². The van der Waals surface area contributed by atoms with E-state index in [0.29, 0.717) is 17.4 Å². The molecule has 0 aliphatic rings. The molecule has 0 aliphatic carbocycles. The van der Waals surface area contributed by atoms with Crippen molar-refractivity contribution in [3.8, 4) is 22.7 Å². The molecule has 21 heavy (non-hydrogen) atoms. The van der Waals surface area contributed by atoms with E-state index in [1.54, 1.807) is 10.9 Å². The van der Waals surface area contributed by atoms with Crippen LogP contribution in [-0.2, 0) is 0 Å². The largest absolute Gasteiger partial charge is 0.490 e. The number of benzene rings is 1. The van der Waals surface area contributed by atoms with E-state index in [1.807, 2.05) is 36.5 Å². The van der Waals surface area contributed by atoms with Gasteiger partial charge in [0.1, 0.15) is 6.33 Å². The van der Waals surface area contributed by atoms with Gasteiger partial charge in [-0.3, -0.25) is 0 Å². The van der Waals surface area contributed by atoms with Gasteiger partial charge in [0.05, 0.1) is 13.3 Å². The van der Waals surface area contributed by atoms with Gasteiger partial charge in [-0.1, -0.05) is 30.3 Å². The number of nitrogens with zero attached hydrogens (tertiary/aromatic N) is 4. The molecule has 0 radical (unpaired) electrons. The fourth-order valence-corrected chi connectivity index (χ4v) is 2.04. The number of nitrogens with two attached hydrogens (primary N) is 1. The summed E-state index contributed by atoms with van der Waals surface area (Å²) in [6.45, 7) is 0. The highest BCUT2D eigenvalue weighted by atomic mass is 16.5. The average Bonchev–Trinajstić information content (AvgIpc) is 3.04. The average molecular weight is 282 g/mol. The fourth-order valence-electron chi connectivity index (χ4n) is 2.04. The number of hydrogen-bond donors (Lipinski definition) is 2. The molecule has 0 aliphatic heterocycles. The molecule has 0 unspecified atom stereocenters. The Morgan fingerprint density at radius 3 is 2.67 bits per heavy atom. The lowest BCUT2D eigenvalue weighted by Crippen LogP contribution is -2.12. The van der Waals surface area contributed by atoms with Gasteiger partial charge in [-0.15, -0.1) is 0 Å². The van der Waals surface area contributed by atoms with Crippen molar-refractivity contribution in [2.75, 3.05) is 12.5 Å². The molecule has 0 amide bonds. The Morgan fingerprint density at radius 2 is 1.95 bits per heavy atom. The first-order valence-electron chi connectivity index (χ1n) is 6.29. The topological polar surface area (TPSA) is 90.9 Å². The molecule has 7 heteroatoms. The predicted octanol–water partition coefficient (Wildman–Crippen LogP) is 1.62. The summed E-state index contributed by atoms with van der Waals surface area (Å²) in [5.41, 5.74) is 4.54. The molecule has 3 N–H and O–H groups in total. The Hall–Kier alpha value is -2.93. The summed E-state index contributed by atoms with van der Waals surface area (Å²) in [4.78, 5) is 8.21. The summed E-state index contributed by atoms with van der Waals surface area (Å²) in [5, 5.41) is 4.32. The molecular weight excluding hydrogens is 268 g/mol. The van der Waals surface area contributed by atoms with Crippen molar-refractivity contribution in [3.63, 3.8) is 0 Å². The van der Waals surface area contributed by atoms with Gasteiger partial charge in [-0.25, -0.2) is 20.5 Å². The third-order valence-corrected chi connectivity index (χ3v) is 3.03. The SMILES string of the molecule is COc1c(NN)ncnc1-n1cc(-c2ccccc2)cn1. The maximum absolute atomic E-state index is 5.42. The first-order chi connectivity index (χ1) is 10.3.